The number of ether oxygens (including phenoxy) is 1. The molecule has 0 aromatic rings. The van der Waals surface area contributed by atoms with Gasteiger partial charge in [-0.3, -0.25) is 4.79 Å². The van der Waals surface area contributed by atoms with Crippen LogP contribution >= 0.6 is 0 Å². The van der Waals surface area contributed by atoms with Crippen LogP contribution in [-0.4, -0.2) is 19.6 Å². The van der Waals surface area contributed by atoms with Crippen molar-refractivity contribution in [3.05, 3.63) is 23.8 Å². The van der Waals surface area contributed by atoms with Gasteiger partial charge in [-0.1, -0.05) is 23.8 Å². The van der Waals surface area contributed by atoms with Gasteiger partial charge >= 0.3 is 0 Å². The van der Waals surface area contributed by atoms with E-state index < -0.39 is 0 Å². The Morgan fingerprint density at radius 1 is 1.54 bits per heavy atom. The molecule has 3 heteroatoms. The number of carbonyl (C=O) groups excluding carboxylic acids is 1. The zero-order valence-corrected chi connectivity index (χ0v) is 8.62. The molecule has 0 aliphatic heterocycles. The average molecular weight is 185 g/mol. The van der Waals surface area contributed by atoms with Crippen molar-refractivity contribution in [2.45, 2.75) is 20.8 Å². The standard InChI is InChI=1S/C9H16O.CH3NO/c1-4-9(3)7-6-8-10-5-2;2-1-3/h4,6-7H,5,8H2,1-3H3;1H,(H2,2,3)/b7-6-,9-4-;. The smallest absolute Gasteiger partial charge is 0.204 e. The summed E-state index contributed by atoms with van der Waals surface area (Å²) in [6.07, 6.45) is 6.41. The molecule has 0 spiro atoms. The van der Waals surface area contributed by atoms with Crippen molar-refractivity contribution in [2.24, 2.45) is 5.73 Å². The van der Waals surface area contributed by atoms with Crippen LogP contribution in [0, 0.1) is 0 Å². The number of nitrogens with two attached hydrogens (primary N) is 1. The van der Waals surface area contributed by atoms with E-state index in [-0.39, 0.29) is 6.41 Å². The van der Waals surface area contributed by atoms with E-state index in [1.54, 1.807) is 0 Å². The first kappa shape index (κ1) is 14.4. The zero-order valence-electron chi connectivity index (χ0n) is 8.62. The van der Waals surface area contributed by atoms with Crippen LogP contribution in [0.3, 0.4) is 0 Å². The minimum absolute atomic E-state index is 0.250. The molecule has 0 fully saturated rings. The third kappa shape index (κ3) is 18.1. The fourth-order valence-electron chi connectivity index (χ4n) is 0.516. The molecule has 0 unspecified atom stereocenters. The maximum Gasteiger partial charge on any atom is 0.204 e. The number of amides is 1. The normalized spacial score (nSPS) is 10.8. The van der Waals surface area contributed by atoms with E-state index in [1.165, 1.54) is 5.57 Å². The third-order valence-corrected chi connectivity index (χ3v) is 1.25. The molecule has 0 aliphatic carbocycles. The number of carbonyl (C=O) groups is 1. The molecule has 0 aromatic carbocycles. The second-order valence-corrected chi connectivity index (χ2v) is 2.23. The van der Waals surface area contributed by atoms with Crippen molar-refractivity contribution >= 4 is 6.41 Å². The SMILES string of the molecule is C/C=C(C)\C=C/COCC.NC=O. The summed E-state index contributed by atoms with van der Waals surface area (Å²) in [4.78, 5) is 8.58. The molecule has 76 valence electrons. The summed E-state index contributed by atoms with van der Waals surface area (Å²) in [5.41, 5.74) is 5.44. The van der Waals surface area contributed by atoms with Crippen molar-refractivity contribution in [2.75, 3.05) is 13.2 Å². The number of hydrogen-bond donors (Lipinski definition) is 1. The lowest BCUT2D eigenvalue weighted by molar-refractivity contribution is -0.106. The predicted molar refractivity (Wildman–Crippen MR) is 55.3 cm³/mol. The van der Waals surface area contributed by atoms with Gasteiger partial charge in [0.25, 0.3) is 0 Å². The lowest BCUT2D eigenvalue weighted by Crippen LogP contribution is -1.87. The molecule has 0 aromatic heterocycles. The topological polar surface area (TPSA) is 52.3 Å². The molecule has 0 heterocycles. The highest BCUT2D eigenvalue weighted by Gasteiger charge is 1.77. The first-order valence-electron chi connectivity index (χ1n) is 4.25. The van der Waals surface area contributed by atoms with Crippen molar-refractivity contribution in [3.63, 3.8) is 0 Å². The van der Waals surface area contributed by atoms with Gasteiger partial charge in [-0.25, -0.2) is 0 Å². The summed E-state index contributed by atoms with van der Waals surface area (Å²) in [7, 11) is 0. The van der Waals surface area contributed by atoms with Crippen LogP contribution in [0.1, 0.15) is 20.8 Å². The molecule has 0 atom stereocenters. The fourth-order valence-corrected chi connectivity index (χ4v) is 0.516. The van der Waals surface area contributed by atoms with Crippen LogP contribution < -0.4 is 5.73 Å². The minimum atomic E-state index is 0.250. The summed E-state index contributed by atoms with van der Waals surface area (Å²) in [5, 5.41) is 0. The Kier molecular flexibility index (Phi) is 15.0. The number of primary amides is 1. The molecular formula is C10H19NO2. The van der Waals surface area contributed by atoms with Crippen molar-refractivity contribution in [3.8, 4) is 0 Å². The predicted octanol–water partition coefficient (Wildman–Crippen LogP) is 1.65. The summed E-state index contributed by atoms with van der Waals surface area (Å²) in [6, 6.07) is 0. The van der Waals surface area contributed by atoms with Gasteiger partial charge in [-0.05, 0) is 20.8 Å². The Bertz CT molecular complexity index is 162. The van der Waals surface area contributed by atoms with Crippen LogP contribution in [-0.2, 0) is 9.53 Å². The Balaban J connectivity index is 0. The first-order valence-corrected chi connectivity index (χ1v) is 4.25. The number of allylic oxidation sites excluding steroid dienone is 3. The molecule has 1 amide bonds. The Morgan fingerprint density at radius 2 is 2.08 bits per heavy atom. The fraction of sp³-hybridized carbons (Fsp3) is 0.500. The Morgan fingerprint density at radius 3 is 2.46 bits per heavy atom. The van der Waals surface area contributed by atoms with Gasteiger partial charge in [0.1, 0.15) is 0 Å². The molecule has 0 radical (unpaired) electrons. The zero-order chi connectivity index (χ0) is 10.5. The van der Waals surface area contributed by atoms with E-state index in [1.807, 2.05) is 19.9 Å². The van der Waals surface area contributed by atoms with Crippen LogP contribution in [0.15, 0.2) is 23.8 Å². The van der Waals surface area contributed by atoms with Gasteiger partial charge in [0.15, 0.2) is 0 Å². The Hall–Kier alpha value is -1.09. The molecular weight excluding hydrogens is 166 g/mol. The quantitative estimate of drug-likeness (QED) is 0.411. The molecule has 0 saturated heterocycles. The van der Waals surface area contributed by atoms with Gasteiger partial charge in [0.2, 0.25) is 6.41 Å². The molecule has 3 nitrogen and oxygen atoms in total. The second-order valence-electron chi connectivity index (χ2n) is 2.23. The van der Waals surface area contributed by atoms with E-state index >= 15 is 0 Å². The van der Waals surface area contributed by atoms with E-state index in [2.05, 4.69) is 24.8 Å². The monoisotopic (exact) mass is 185 g/mol. The summed E-state index contributed by atoms with van der Waals surface area (Å²) < 4.78 is 5.11. The van der Waals surface area contributed by atoms with Crippen molar-refractivity contribution in [1.29, 1.82) is 0 Å². The molecule has 0 saturated carbocycles. The summed E-state index contributed by atoms with van der Waals surface area (Å²) >= 11 is 0. The van der Waals surface area contributed by atoms with Crippen LogP contribution in [0.2, 0.25) is 0 Å². The minimum Gasteiger partial charge on any atom is -0.378 e. The maximum atomic E-state index is 8.58. The van der Waals surface area contributed by atoms with Gasteiger partial charge < -0.3 is 10.5 Å². The molecule has 2 N–H and O–H groups in total. The lowest BCUT2D eigenvalue weighted by atomic mass is 10.3. The van der Waals surface area contributed by atoms with E-state index in [0.717, 1.165) is 13.2 Å². The number of hydrogen-bond acceptors (Lipinski definition) is 2. The maximum absolute atomic E-state index is 8.58. The highest BCUT2D eigenvalue weighted by atomic mass is 16.5. The third-order valence-electron chi connectivity index (χ3n) is 1.25. The van der Waals surface area contributed by atoms with E-state index in [0.29, 0.717) is 0 Å². The highest BCUT2D eigenvalue weighted by Crippen LogP contribution is 1.92. The first-order chi connectivity index (χ1) is 6.22. The van der Waals surface area contributed by atoms with Crippen LogP contribution in [0.25, 0.3) is 0 Å². The summed E-state index contributed by atoms with van der Waals surface area (Å²) in [6.45, 7) is 7.61. The Labute approximate surface area is 80.3 Å². The molecule has 13 heavy (non-hydrogen) atoms. The van der Waals surface area contributed by atoms with Gasteiger partial charge in [0.05, 0.1) is 6.61 Å². The average Bonchev–Trinajstić information content (AvgIpc) is 2.13. The van der Waals surface area contributed by atoms with Crippen LogP contribution in [0.4, 0.5) is 0 Å². The molecule has 0 rings (SSSR count). The van der Waals surface area contributed by atoms with Gasteiger partial charge in [0, 0.05) is 6.61 Å². The summed E-state index contributed by atoms with van der Waals surface area (Å²) in [5.74, 6) is 0. The van der Waals surface area contributed by atoms with E-state index in [9.17, 15) is 0 Å². The van der Waals surface area contributed by atoms with Gasteiger partial charge in [-0.15, -0.1) is 0 Å². The van der Waals surface area contributed by atoms with Crippen molar-refractivity contribution in [1.82, 2.24) is 0 Å². The number of rotatable bonds is 4. The van der Waals surface area contributed by atoms with E-state index in [4.69, 9.17) is 9.53 Å². The molecule has 0 aliphatic rings. The van der Waals surface area contributed by atoms with Gasteiger partial charge in [-0.2, -0.15) is 0 Å². The highest BCUT2D eigenvalue weighted by molar-refractivity contribution is 5.42. The second kappa shape index (κ2) is 13.5. The van der Waals surface area contributed by atoms with Crippen LogP contribution in [0.5, 0.6) is 0 Å². The van der Waals surface area contributed by atoms with Crippen molar-refractivity contribution < 1.29 is 9.53 Å². The molecule has 0 bridgehead atoms. The largest absolute Gasteiger partial charge is 0.378 e. The lowest BCUT2D eigenvalue weighted by Gasteiger charge is -1.92.